The molecule has 0 saturated heterocycles. The molecule has 3 heterocycles. The Labute approximate surface area is 439 Å². The average molecular weight is 1020 g/mol. The molecular formula is C53H42B3ClN9O9. The number of rotatable bonds is 15. The Bertz CT molecular complexity index is 3450. The Kier molecular flexibility index (Phi) is 20.2. The van der Waals surface area contributed by atoms with Crippen LogP contribution in [-0.4, -0.2) is 82.8 Å². The fraction of sp³-hybridized carbons (Fsp3) is 0.113. The van der Waals surface area contributed by atoms with Crippen molar-refractivity contribution in [2.75, 3.05) is 45.7 Å². The second-order valence-electron chi connectivity index (χ2n) is 14.8. The standard InChI is InChI=1S/C26H20N4O4.C24H19N3O4.C3H3ClN2O.B3/c1-31-22-5-3-4-6-23(22)34-19-9-7-18(8-10-19)30-26-17(15-28)16-29-21-14-25(33-12-11-27)24(32-2)13-20(21)26;1-29-21-5-3-4-6-22(21)31-17-9-7-16(8-10-17)27-24-15(13-25)14-26-19-12-20(28)23(30-2)11-18(19)24;4-1-3-5-2-7-6-3;1-3-2/h3-10,13-14,16H,12H2,1-2H3,(H,29,30);3-12,14,28H,1-2H3,(H,26,27);2H,1H2;. The summed E-state index contributed by atoms with van der Waals surface area (Å²) in [6.45, 7) is -0.119. The Morgan fingerprint density at radius 1 is 0.600 bits per heavy atom. The van der Waals surface area contributed by atoms with Gasteiger partial charge in [-0.3, -0.25) is 9.97 Å². The molecule has 0 aliphatic heterocycles. The van der Waals surface area contributed by atoms with Crippen molar-refractivity contribution in [3.63, 3.8) is 0 Å². The number of hydrogen-bond acceptors (Lipinski definition) is 18. The number of aromatic nitrogens is 4. The molecule has 0 amide bonds. The highest BCUT2D eigenvalue weighted by molar-refractivity contribution is 7.17. The summed E-state index contributed by atoms with van der Waals surface area (Å²) in [6, 6.07) is 42.3. The first-order chi connectivity index (χ1) is 36.6. The second-order valence-corrected chi connectivity index (χ2v) is 15.1. The number of fused-ring (bicyclic) bond motifs is 2. The highest BCUT2D eigenvalue weighted by Crippen LogP contribution is 2.40. The molecule has 9 rings (SSSR count). The Morgan fingerprint density at radius 2 is 1.05 bits per heavy atom. The van der Waals surface area contributed by atoms with E-state index in [4.69, 9.17) is 50.0 Å². The van der Waals surface area contributed by atoms with E-state index in [-0.39, 0.29) is 12.4 Å². The third-order valence-corrected chi connectivity index (χ3v) is 10.5. The van der Waals surface area contributed by atoms with Crippen molar-refractivity contribution in [1.82, 2.24) is 20.1 Å². The van der Waals surface area contributed by atoms with Gasteiger partial charge in [0.2, 0.25) is 6.39 Å². The molecule has 22 heteroatoms. The summed E-state index contributed by atoms with van der Waals surface area (Å²) in [5.41, 5.74) is 4.52. The van der Waals surface area contributed by atoms with Crippen LogP contribution in [0.25, 0.3) is 21.8 Å². The molecule has 75 heavy (non-hydrogen) atoms. The van der Waals surface area contributed by atoms with Crippen molar-refractivity contribution in [2.45, 2.75) is 5.88 Å². The molecule has 0 fully saturated rings. The van der Waals surface area contributed by atoms with Crippen LogP contribution in [0.3, 0.4) is 0 Å². The number of phenols is 1. The number of alkyl halides is 1. The van der Waals surface area contributed by atoms with Crippen LogP contribution in [-0.2, 0) is 5.88 Å². The van der Waals surface area contributed by atoms with Gasteiger partial charge in [0.25, 0.3) is 0 Å². The van der Waals surface area contributed by atoms with Crippen LogP contribution in [0.4, 0.5) is 22.7 Å². The lowest BCUT2D eigenvalue weighted by Gasteiger charge is -2.15. The van der Waals surface area contributed by atoms with E-state index in [1.807, 2.05) is 103 Å². The summed E-state index contributed by atoms with van der Waals surface area (Å²) in [7, 11) is 16.2. The molecule has 0 unspecified atom stereocenters. The first kappa shape index (κ1) is 54.6. The molecule has 0 aliphatic carbocycles. The Hall–Kier alpha value is -9.77. The molecule has 0 saturated carbocycles. The molecule has 5 radical (unpaired) electrons. The van der Waals surface area contributed by atoms with E-state index in [1.165, 1.54) is 39.1 Å². The maximum atomic E-state index is 10.0. The summed E-state index contributed by atoms with van der Waals surface area (Å²) in [5, 5.41) is 49.4. The maximum absolute atomic E-state index is 10.0. The van der Waals surface area contributed by atoms with Gasteiger partial charge in [0.05, 0.1) is 67.9 Å². The maximum Gasteiger partial charge on any atom is 0.213 e. The SMILES string of the molecule is COc1cc2c(Nc3ccc(Oc4ccccc4OC)cc3)c(C#N)cnc2cc1O.COc1cc2c(Nc3ccc(Oc4ccccc4OC)cc3)c(C#N)cnc2cc1OCC#N.ClCc1ncon1.[B][B][B]. The fourth-order valence-corrected chi connectivity index (χ4v) is 6.92. The zero-order chi connectivity index (χ0) is 53.5. The van der Waals surface area contributed by atoms with Crippen LogP contribution < -0.4 is 43.8 Å². The third kappa shape index (κ3) is 14.4. The van der Waals surface area contributed by atoms with Gasteiger partial charge in [0.15, 0.2) is 58.4 Å². The van der Waals surface area contributed by atoms with Gasteiger partial charge in [0.1, 0.15) is 29.7 Å². The number of hydrogen-bond donors (Lipinski definition) is 3. The van der Waals surface area contributed by atoms with Gasteiger partial charge < -0.3 is 53.4 Å². The van der Waals surface area contributed by atoms with Gasteiger partial charge in [-0.15, -0.1) is 11.6 Å². The van der Waals surface area contributed by atoms with E-state index in [2.05, 4.69) is 62.9 Å². The van der Waals surface area contributed by atoms with E-state index in [0.29, 0.717) is 108 Å². The van der Waals surface area contributed by atoms with Crippen LogP contribution in [0.5, 0.6) is 57.5 Å². The smallest absolute Gasteiger partial charge is 0.213 e. The van der Waals surface area contributed by atoms with Crippen LogP contribution in [0.15, 0.2) is 145 Å². The van der Waals surface area contributed by atoms with E-state index in [1.54, 1.807) is 32.4 Å². The predicted octanol–water partition coefficient (Wildman–Crippen LogP) is 10.6. The van der Waals surface area contributed by atoms with Crippen molar-refractivity contribution in [3.8, 4) is 75.7 Å². The van der Waals surface area contributed by atoms with E-state index < -0.39 is 0 Å². The first-order valence-electron chi connectivity index (χ1n) is 22.1. The second kappa shape index (κ2) is 27.7. The largest absolute Gasteiger partial charge is 0.504 e. The van der Waals surface area contributed by atoms with Gasteiger partial charge in [-0.1, -0.05) is 29.4 Å². The number of benzene rings is 6. The molecule has 0 aliphatic rings. The quantitative estimate of drug-likeness (QED) is 0.0638. The van der Waals surface area contributed by atoms with Gasteiger partial charge in [-0.25, -0.2) is 0 Å². The number of aromatic hydroxyl groups is 1. The van der Waals surface area contributed by atoms with Crippen molar-refractivity contribution < 1.29 is 42.8 Å². The topological polar surface area (TPSA) is 245 Å². The lowest BCUT2D eigenvalue weighted by molar-refractivity contribution is 0.330. The summed E-state index contributed by atoms with van der Waals surface area (Å²) < 4.78 is 42.9. The van der Waals surface area contributed by atoms with Gasteiger partial charge in [-0.05, 0) is 84.9 Å². The number of nitriles is 3. The molecule has 18 nitrogen and oxygen atoms in total. The van der Waals surface area contributed by atoms with Crippen molar-refractivity contribution in [2.24, 2.45) is 0 Å². The van der Waals surface area contributed by atoms with Crippen LogP contribution >= 0.6 is 11.6 Å². The first-order valence-corrected chi connectivity index (χ1v) is 22.6. The van der Waals surface area contributed by atoms with E-state index in [0.717, 1.165) is 18.4 Å². The van der Waals surface area contributed by atoms with Crippen LogP contribution in [0, 0.1) is 34.0 Å². The molecule has 0 spiro atoms. The molecular weight excluding hydrogens is 975 g/mol. The summed E-state index contributed by atoms with van der Waals surface area (Å²) >= 11 is 5.28. The lowest BCUT2D eigenvalue weighted by Crippen LogP contribution is -2.00. The summed E-state index contributed by atoms with van der Waals surface area (Å²) in [4.78, 5) is 12.2. The minimum Gasteiger partial charge on any atom is -0.504 e. The minimum atomic E-state index is -0.119. The molecule has 6 aromatic carbocycles. The highest BCUT2D eigenvalue weighted by atomic mass is 35.5. The summed E-state index contributed by atoms with van der Waals surface area (Å²) in [5.74, 6) is 5.74. The highest BCUT2D eigenvalue weighted by Gasteiger charge is 2.17. The summed E-state index contributed by atoms with van der Waals surface area (Å²) in [6.07, 6.45) is 4.21. The number of methoxy groups -OCH3 is 4. The Morgan fingerprint density at radius 3 is 1.45 bits per heavy atom. The molecule has 3 N–H and O–H groups in total. The van der Waals surface area contributed by atoms with E-state index >= 15 is 0 Å². The molecule has 9 aromatic rings. The van der Waals surface area contributed by atoms with Gasteiger partial charge in [-0.2, -0.15) is 20.8 Å². The lowest BCUT2D eigenvalue weighted by atomic mass is 9.40. The monoisotopic (exact) mass is 1020 g/mol. The Balaban J connectivity index is 0.000000206. The molecule has 3 aromatic heterocycles. The van der Waals surface area contributed by atoms with Crippen molar-refractivity contribution >= 4 is 78.7 Å². The third-order valence-electron chi connectivity index (χ3n) is 10.2. The van der Waals surface area contributed by atoms with Crippen LogP contribution in [0.1, 0.15) is 17.0 Å². The number of anilines is 4. The number of phenolic OH excluding ortho intramolecular Hbond substituents is 1. The van der Waals surface area contributed by atoms with Crippen LogP contribution in [0.2, 0.25) is 0 Å². The molecule has 0 bridgehead atoms. The predicted molar refractivity (Wildman–Crippen MR) is 285 cm³/mol. The van der Waals surface area contributed by atoms with Crippen molar-refractivity contribution in [3.05, 3.63) is 157 Å². The molecule has 0 atom stereocenters. The van der Waals surface area contributed by atoms with E-state index in [9.17, 15) is 15.6 Å². The minimum absolute atomic E-state index is 0.0176. The number of para-hydroxylation sites is 4. The normalized spacial score (nSPS) is 9.89. The number of nitrogens with one attached hydrogen (secondary N) is 2. The number of ether oxygens (including phenoxy) is 7. The number of nitrogens with zero attached hydrogens (tertiary/aromatic N) is 7. The van der Waals surface area contributed by atoms with Gasteiger partial charge >= 0.3 is 0 Å². The zero-order valence-electron chi connectivity index (χ0n) is 40.6. The number of pyridine rings is 2. The number of halogens is 1. The average Bonchev–Trinajstić information content (AvgIpc) is 3.99. The molecule has 369 valence electrons. The van der Waals surface area contributed by atoms with Crippen molar-refractivity contribution in [1.29, 1.82) is 15.8 Å². The zero-order valence-corrected chi connectivity index (χ0v) is 41.4. The van der Waals surface area contributed by atoms with Gasteiger partial charge in [0, 0.05) is 69.2 Å². The fourth-order valence-electron chi connectivity index (χ4n) is 6.81.